The van der Waals surface area contributed by atoms with E-state index in [1.54, 1.807) is 18.2 Å². The number of ether oxygens (including phenoxy) is 1. The number of anilines is 1. The first-order valence-corrected chi connectivity index (χ1v) is 14.2. The lowest BCUT2D eigenvalue weighted by Gasteiger charge is -2.20. The molecule has 0 spiro atoms. The molecule has 1 aliphatic rings. The predicted octanol–water partition coefficient (Wildman–Crippen LogP) is 7.35. The normalized spacial score (nSPS) is 15.6. The van der Waals surface area contributed by atoms with Crippen LogP contribution in [0.15, 0.2) is 88.7 Å². The fourth-order valence-corrected chi connectivity index (χ4v) is 4.82. The van der Waals surface area contributed by atoms with E-state index in [0.29, 0.717) is 46.6 Å². The SMILES string of the molecule is CCC(=Cc1nc2cc(Cl)ccc2o1)C=C1Oc2ccc(-c3ccccc3)cc2N1CCC(C)S(=O)(=O)O. The molecule has 1 N–H and O–H groups in total. The molecule has 4 aromatic rings. The van der Waals surface area contributed by atoms with Crippen LogP contribution in [-0.2, 0) is 10.1 Å². The molecule has 7 nitrogen and oxygen atoms in total. The monoisotopic (exact) mass is 550 g/mol. The lowest BCUT2D eigenvalue weighted by Crippen LogP contribution is -2.27. The molecule has 9 heteroatoms. The van der Waals surface area contributed by atoms with Crippen LogP contribution in [0, 0.1) is 0 Å². The van der Waals surface area contributed by atoms with Crippen molar-refractivity contribution in [1.29, 1.82) is 0 Å². The zero-order chi connectivity index (χ0) is 26.9. The molecule has 0 saturated heterocycles. The zero-order valence-corrected chi connectivity index (χ0v) is 22.5. The van der Waals surface area contributed by atoms with Crippen LogP contribution < -0.4 is 9.64 Å². The second-order valence-corrected chi connectivity index (χ2v) is 11.4. The van der Waals surface area contributed by atoms with E-state index in [1.807, 2.05) is 72.5 Å². The fourth-order valence-electron chi connectivity index (χ4n) is 4.25. The largest absolute Gasteiger partial charge is 0.439 e. The Kier molecular flexibility index (Phi) is 7.29. The molecule has 0 radical (unpaired) electrons. The van der Waals surface area contributed by atoms with Crippen molar-refractivity contribution in [3.63, 3.8) is 0 Å². The van der Waals surface area contributed by atoms with Crippen LogP contribution in [0.25, 0.3) is 28.3 Å². The van der Waals surface area contributed by atoms with Crippen molar-refractivity contribution in [2.75, 3.05) is 11.4 Å². The van der Waals surface area contributed by atoms with E-state index in [4.69, 9.17) is 20.8 Å². The van der Waals surface area contributed by atoms with Gasteiger partial charge in [0.15, 0.2) is 11.3 Å². The Balaban J connectivity index is 1.51. The van der Waals surface area contributed by atoms with Crippen molar-refractivity contribution < 1.29 is 22.1 Å². The highest BCUT2D eigenvalue weighted by molar-refractivity contribution is 7.86. The number of hydrogen-bond acceptors (Lipinski definition) is 6. The molecule has 0 fully saturated rings. The quantitative estimate of drug-likeness (QED) is 0.229. The van der Waals surface area contributed by atoms with Crippen LogP contribution in [0.3, 0.4) is 0 Å². The van der Waals surface area contributed by atoms with E-state index in [2.05, 4.69) is 4.98 Å². The predicted molar refractivity (Wildman–Crippen MR) is 151 cm³/mol. The smallest absolute Gasteiger partial charge is 0.267 e. The van der Waals surface area contributed by atoms with E-state index in [9.17, 15) is 13.0 Å². The minimum Gasteiger partial charge on any atom is -0.439 e. The van der Waals surface area contributed by atoms with Crippen molar-refractivity contribution in [2.24, 2.45) is 0 Å². The Morgan fingerprint density at radius 3 is 2.63 bits per heavy atom. The van der Waals surface area contributed by atoms with E-state index in [-0.39, 0.29) is 6.42 Å². The number of nitrogens with zero attached hydrogens (tertiary/aromatic N) is 2. The molecule has 0 amide bonds. The molecule has 196 valence electrons. The van der Waals surface area contributed by atoms with E-state index in [1.165, 1.54) is 6.92 Å². The van der Waals surface area contributed by atoms with Gasteiger partial charge in [0.25, 0.3) is 10.1 Å². The van der Waals surface area contributed by atoms with E-state index < -0.39 is 15.4 Å². The summed E-state index contributed by atoms with van der Waals surface area (Å²) in [5, 5.41) is -0.334. The third kappa shape index (κ3) is 5.62. The maximum Gasteiger partial charge on any atom is 0.267 e. The van der Waals surface area contributed by atoms with Gasteiger partial charge in [0.05, 0.1) is 10.9 Å². The van der Waals surface area contributed by atoms with Crippen LogP contribution in [0.4, 0.5) is 5.69 Å². The van der Waals surface area contributed by atoms with Gasteiger partial charge in [-0.25, -0.2) is 4.98 Å². The summed E-state index contributed by atoms with van der Waals surface area (Å²) in [5.41, 5.74) is 5.12. The van der Waals surface area contributed by atoms with Crippen LogP contribution in [0.2, 0.25) is 5.02 Å². The van der Waals surface area contributed by atoms with Gasteiger partial charge >= 0.3 is 0 Å². The number of halogens is 1. The summed E-state index contributed by atoms with van der Waals surface area (Å²) < 4.78 is 45.0. The number of hydrogen-bond donors (Lipinski definition) is 1. The van der Waals surface area contributed by atoms with Gasteiger partial charge in [0.1, 0.15) is 5.52 Å². The number of fused-ring (bicyclic) bond motifs is 2. The molecule has 2 heterocycles. The van der Waals surface area contributed by atoms with Gasteiger partial charge in [-0.1, -0.05) is 54.9 Å². The molecule has 38 heavy (non-hydrogen) atoms. The zero-order valence-electron chi connectivity index (χ0n) is 21.0. The Hall–Kier alpha value is -3.59. The third-order valence-corrected chi connectivity index (χ3v) is 7.99. The molecule has 5 rings (SSSR count). The number of rotatable bonds is 8. The highest BCUT2D eigenvalue weighted by Crippen LogP contribution is 2.42. The number of allylic oxidation sites excluding steroid dienone is 2. The molecule has 1 aromatic heterocycles. The maximum atomic E-state index is 11.7. The standard InChI is InChI=1S/C29H27ClN2O5S/c1-3-20(15-28-31-24-18-23(30)10-12-26(24)36-28)16-29-32(14-13-19(2)38(33,34)35)25-17-22(9-11-27(25)37-29)21-7-5-4-6-8-21/h4-12,15-19H,3,13-14H2,1-2H3,(H,33,34,35). The van der Waals surface area contributed by atoms with Gasteiger partial charge in [-0.2, -0.15) is 8.42 Å². The van der Waals surface area contributed by atoms with Crippen LogP contribution in [0.5, 0.6) is 5.75 Å². The minimum atomic E-state index is -4.15. The van der Waals surface area contributed by atoms with E-state index >= 15 is 0 Å². The molecule has 1 unspecified atom stereocenters. The topological polar surface area (TPSA) is 92.9 Å². The molecule has 1 aliphatic heterocycles. The number of oxazole rings is 1. The van der Waals surface area contributed by atoms with Gasteiger partial charge in [0.2, 0.25) is 11.8 Å². The van der Waals surface area contributed by atoms with Gasteiger partial charge in [0, 0.05) is 23.7 Å². The second-order valence-electron chi connectivity index (χ2n) is 9.14. The van der Waals surface area contributed by atoms with Crippen LogP contribution >= 0.6 is 11.6 Å². The first-order chi connectivity index (χ1) is 18.2. The summed E-state index contributed by atoms with van der Waals surface area (Å²) in [6.07, 6.45) is 4.64. The summed E-state index contributed by atoms with van der Waals surface area (Å²) in [6.45, 7) is 3.84. The number of benzene rings is 3. The summed E-state index contributed by atoms with van der Waals surface area (Å²) in [7, 11) is -4.15. The molecule has 0 aliphatic carbocycles. The summed E-state index contributed by atoms with van der Waals surface area (Å²) >= 11 is 6.08. The first kappa shape index (κ1) is 26.0. The van der Waals surface area contributed by atoms with Crippen molar-refractivity contribution >= 4 is 44.6 Å². The van der Waals surface area contributed by atoms with Crippen LogP contribution in [-0.4, -0.2) is 29.7 Å². The average molecular weight is 551 g/mol. The lowest BCUT2D eigenvalue weighted by molar-refractivity contribution is 0.433. The second kappa shape index (κ2) is 10.6. The Morgan fingerprint density at radius 1 is 1.11 bits per heavy atom. The van der Waals surface area contributed by atoms with Crippen molar-refractivity contribution in [2.45, 2.75) is 31.9 Å². The minimum absolute atomic E-state index is 0.214. The average Bonchev–Trinajstić information content (AvgIpc) is 3.45. The summed E-state index contributed by atoms with van der Waals surface area (Å²) in [6, 6.07) is 21.2. The van der Waals surface area contributed by atoms with Gasteiger partial charge in [-0.05, 0) is 66.8 Å². The van der Waals surface area contributed by atoms with Gasteiger partial charge < -0.3 is 14.1 Å². The molecule has 0 saturated carbocycles. The highest BCUT2D eigenvalue weighted by atomic mass is 35.5. The molecule has 3 aromatic carbocycles. The van der Waals surface area contributed by atoms with Crippen LogP contribution in [0.1, 0.15) is 32.6 Å². The van der Waals surface area contributed by atoms with Crippen molar-refractivity contribution in [3.05, 3.63) is 95.2 Å². The Labute approximate surface area is 226 Å². The number of aromatic nitrogens is 1. The molecular weight excluding hydrogens is 524 g/mol. The van der Waals surface area contributed by atoms with E-state index in [0.717, 1.165) is 22.4 Å². The summed E-state index contributed by atoms with van der Waals surface area (Å²) in [4.78, 5) is 6.46. The van der Waals surface area contributed by atoms with Gasteiger partial charge in [-0.15, -0.1) is 0 Å². The van der Waals surface area contributed by atoms with Gasteiger partial charge in [-0.3, -0.25) is 4.55 Å². The summed E-state index contributed by atoms with van der Waals surface area (Å²) in [5.74, 6) is 1.67. The molecule has 0 bridgehead atoms. The lowest BCUT2D eigenvalue weighted by atomic mass is 10.0. The van der Waals surface area contributed by atoms with Crippen molar-refractivity contribution in [1.82, 2.24) is 4.98 Å². The molecule has 1 atom stereocenters. The third-order valence-electron chi connectivity index (χ3n) is 6.50. The molecular formula is C29H27ClN2O5S. The first-order valence-electron chi connectivity index (χ1n) is 12.3. The van der Waals surface area contributed by atoms with Crippen molar-refractivity contribution in [3.8, 4) is 16.9 Å². The maximum absolute atomic E-state index is 11.7. The highest BCUT2D eigenvalue weighted by Gasteiger charge is 2.29. The Morgan fingerprint density at radius 2 is 1.89 bits per heavy atom. The Bertz CT molecular complexity index is 1640. The fraction of sp³-hybridized carbons (Fsp3) is 0.207.